The number of alkyl halides is 2. The van der Waals surface area contributed by atoms with E-state index in [0.29, 0.717) is 11.3 Å². The summed E-state index contributed by atoms with van der Waals surface area (Å²) < 4.78 is 28.2. The maximum atomic E-state index is 12.0. The Kier molecular flexibility index (Phi) is 4.11. The van der Waals surface area contributed by atoms with Gasteiger partial charge < -0.3 is 15.4 Å². The van der Waals surface area contributed by atoms with Crippen molar-refractivity contribution in [2.45, 2.75) is 13.5 Å². The number of carbonyl (C=O) groups is 1. The average molecular weight is 268 g/mol. The summed E-state index contributed by atoms with van der Waals surface area (Å²) in [6.07, 6.45) is 0. The van der Waals surface area contributed by atoms with Gasteiger partial charge in [0.05, 0.1) is 0 Å². The molecule has 0 aromatic heterocycles. The number of amides is 1. The van der Waals surface area contributed by atoms with E-state index in [1.807, 2.05) is 0 Å². The second-order valence-corrected chi connectivity index (χ2v) is 4.19. The molecule has 1 aliphatic rings. The number of benzene rings is 1. The number of rotatable bonds is 4. The standard InChI is InChI=1S/C13H14F2N2O2/c1-8(9-6-16-7-9)12(18)17-10-2-4-11(5-3-10)19-13(14)15/h2-5,13,16H,6-7H2,1H3,(H,17,18). The van der Waals surface area contributed by atoms with Gasteiger partial charge in [0.15, 0.2) is 0 Å². The van der Waals surface area contributed by atoms with Crippen molar-refractivity contribution in [2.75, 3.05) is 18.4 Å². The predicted octanol–water partition coefficient (Wildman–Crippen LogP) is 2.15. The maximum absolute atomic E-state index is 12.0. The SMILES string of the molecule is CC(C(=O)Nc1ccc(OC(F)F)cc1)=C1CNC1. The molecular weight excluding hydrogens is 254 g/mol. The molecule has 0 unspecified atom stereocenters. The quantitative estimate of drug-likeness (QED) is 0.823. The van der Waals surface area contributed by atoms with E-state index in [2.05, 4.69) is 15.4 Å². The number of nitrogens with one attached hydrogen (secondary N) is 2. The Balaban J connectivity index is 1.97. The lowest BCUT2D eigenvalue weighted by Crippen LogP contribution is -2.36. The Bertz CT molecular complexity index is 492. The molecule has 0 saturated carbocycles. The van der Waals surface area contributed by atoms with Crippen LogP contribution in [0.5, 0.6) is 5.75 Å². The molecule has 0 atom stereocenters. The number of anilines is 1. The monoisotopic (exact) mass is 268 g/mol. The van der Waals surface area contributed by atoms with Crippen LogP contribution in [0.3, 0.4) is 0 Å². The van der Waals surface area contributed by atoms with Gasteiger partial charge in [-0.1, -0.05) is 0 Å². The third kappa shape index (κ3) is 3.51. The Morgan fingerprint density at radius 1 is 1.32 bits per heavy atom. The van der Waals surface area contributed by atoms with E-state index in [0.717, 1.165) is 18.7 Å². The van der Waals surface area contributed by atoms with Crippen molar-refractivity contribution in [3.8, 4) is 5.75 Å². The highest BCUT2D eigenvalue weighted by Gasteiger charge is 2.16. The molecule has 6 heteroatoms. The van der Waals surface area contributed by atoms with Crippen molar-refractivity contribution >= 4 is 11.6 Å². The molecule has 0 radical (unpaired) electrons. The predicted molar refractivity (Wildman–Crippen MR) is 67.3 cm³/mol. The summed E-state index contributed by atoms with van der Waals surface area (Å²) in [6, 6.07) is 5.81. The first-order chi connectivity index (χ1) is 9.06. The van der Waals surface area contributed by atoms with Crippen molar-refractivity contribution in [2.24, 2.45) is 0 Å². The minimum atomic E-state index is -2.85. The Labute approximate surface area is 109 Å². The zero-order chi connectivity index (χ0) is 13.8. The fourth-order valence-corrected chi connectivity index (χ4v) is 1.62. The van der Waals surface area contributed by atoms with Gasteiger partial charge in [0.25, 0.3) is 5.91 Å². The van der Waals surface area contributed by atoms with E-state index in [4.69, 9.17) is 0 Å². The van der Waals surface area contributed by atoms with E-state index in [9.17, 15) is 13.6 Å². The van der Waals surface area contributed by atoms with Crippen LogP contribution in [0.25, 0.3) is 0 Å². The van der Waals surface area contributed by atoms with E-state index in [1.165, 1.54) is 24.3 Å². The van der Waals surface area contributed by atoms with Crippen molar-refractivity contribution in [3.63, 3.8) is 0 Å². The Morgan fingerprint density at radius 3 is 2.42 bits per heavy atom. The van der Waals surface area contributed by atoms with Crippen LogP contribution in [-0.4, -0.2) is 25.6 Å². The van der Waals surface area contributed by atoms with Crippen molar-refractivity contribution in [1.29, 1.82) is 0 Å². The number of halogens is 2. The fourth-order valence-electron chi connectivity index (χ4n) is 1.62. The normalized spacial score (nSPS) is 14.0. The first kappa shape index (κ1) is 13.5. The van der Waals surface area contributed by atoms with Crippen LogP contribution >= 0.6 is 0 Å². The number of hydrogen-bond acceptors (Lipinski definition) is 3. The summed E-state index contributed by atoms with van der Waals surface area (Å²) in [5.41, 5.74) is 2.31. The second kappa shape index (κ2) is 5.79. The molecule has 102 valence electrons. The summed E-state index contributed by atoms with van der Waals surface area (Å²) in [6.45, 7) is 0.388. The van der Waals surface area contributed by atoms with Gasteiger partial charge in [-0.2, -0.15) is 8.78 Å². The minimum absolute atomic E-state index is 0.0614. The molecule has 1 aliphatic heterocycles. The molecule has 1 fully saturated rings. The largest absolute Gasteiger partial charge is 0.435 e. The lowest BCUT2D eigenvalue weighted by molar-refractivity contribution is -0.112. The molecule has 1 aromatic carbocycles. The van der Waals surface area contributed by atoms with Gasteiger partial charge in [0.1, 0.15) is 5.75 Å². The van der Waals surface area contributed by atoms with E-state index >= 15 is 0 Å². The van der Waals surface area contributed by atoms with Gasteiger partial charge >= 0.3 is 6.61 Å². The number of hydrogen-bond donors (Lipinski definition) is 2. The van der Waals surface area contributed by atoms with E-state index in [-0.39, 0.29) is 11.7 Å². The van der Waals surface area contributed by atoms with Gasteiger partial charge in [-0.3, -0.25) is 4.79 Å². The molecule has 2 rings (SSSR count). The van der Waals surface area contributed by atoms with E-state index < -0.39 is 6.61 Å². The maximum Gasteiger partial charge on any atom is 0.387 e. The van der Waals surface area contributed by atoms with Crippen LogP contribution in [0.15, 0.2) is 35.4 Å². The first-order valence-electron chi connectivity index (χ1n) is 5.82. The van der Waals surface area contributed by atoms with Gasteiger partial charge in [-0.15, -0.1) is 0 Å². The molecule has 0 aliphatic carbocycles. The van der Waals surface area contributed by atoms with Gasteiger partial charge in [0.2, 0.25) is 0 Å². The van der Waals surface area contributed by atoms with Gasteiger partial charge in [-0.05, 0) is 36.8 Å². The molecule has 19 heavy (non-hydrogen) atoms. The Morgan fingerprint density at radius 2 is 1.95 bits per heavy atom. The topological polar surface area (TPSA) is 50.4 Å². The second-order valence-electron chi connectivity index (χ2n) is 4.19. The molecule has 1 amide bonds. The number of ether oxygens (including phenoxy) is 1. The lowest BCUT2D eigenvalue weighted by atomic mass is 10.0. The molecule has 4 nitrogen and oxygen atoms in total. The molecule has 1 saturated heterocycles. The molecular formula is C13H14F2N2O2. The van der Waals surface area contributed by atoms with Crippen LogP contribution < -0.4 is 15.4 Å². The fraction of sp³-hybridized carbons (Fsp3) is 0.308. The van der Waals surface area contributed by atoms with Crippen LogP contribution in [0.1, 0.15) is 6.92 Å². The third-order valence-corrected chi connectivity index (χ3v) is 2.89. The van der Waals surface area contributed by atoms with Crippen molar-refractivity contribution in [1.82, 2.24) is 5.32 Å². The summed E-state index contributed by atoms with van der Waals surface area (Å²) in [5, 5.41) is 5.76. The molecule has 1 aromatic rings. The van der Waals surface area contributed by atoms with Crippen LogP contribution in [0.2, 0.25) is 0 Å². The summed E-state index contributed by atoms with van der Waals surface area (Å²) in [5.74, 6) is -0.120. The Hall–Kier alpha value is -1.95. The molecule has 1 heterocycles. The first-order valence-corrected chi connectivity index (χ1v) is 5.82. The van der Waals surface area contributed by atoms with Crippen LogP contribution in [0, 0.1) is 0 Å². The lowest BCUT2D eigenvalue weighted by Gasteiger charge is -2.21. The van der Waals surface area contributed by atoms with Crippen molar-refractivity contribution < 1.29 is 18.3 Å². The third-order valence-electron chi connectivity index (χ3n) is 2.89. The van der Waals surface area contributed by atoms with E-state index in [1.54, 1.807) is 6.92 Å². The summed E-state index contributed by atoms with van der Waals surface area (Å²) in [4.78, 5) is 11.9. The zero-order valence-corrected chi connectivity index (χ0v) is 10.4. The highest BCUT2D eigenvalue weighted by molar-refractivity contribution is 6.04. The summed E-state index contributed by atoms with van der Waals surface area (Å²) >= 11 is 0. The zero-order valence-electron chi connectivity index (χ0n) is 10.4. The van der Waals surface area contributed by atoms with Crippen LogP contribution in [0.4, 0.5) is 14.5 Å². The van der Waals surface area contributed by atoms with Gasteiger partial charge in [0, 0.05) is 24.4 Å². The average Bonchev–Trinajstić information content (AvgIpc) is 2.28. The summed E-state index contributed by atoms with van der Waals surface area (Å²) in [7, 11) is 0. The number of carbonyl (C=O) groups excluding carboxylic acids is 1. The highest BCUT2D eigenvalue weighted by Crippen LogP contribution is 2.19. The highest BCUT2D eigenvalue weighted by atomic mass is 19.3. The molecule has 0 bridgehead atoms. The van der Waals surface area contributed by atoms with Crippen molar-refractivity contribution in [3.05, 3.63) is 35.4 Å². The molecule has 2 N–H and O–H groups in total. The van der Waals surface area contributed by atoms with Crippen LogP contribution in [-0.2, 0) is 4.79 Å². The van der Waals surface area contributed by atoms with Gasteiger partial charge in [-0.25, -0.2) is 0 Å². The minimum Gasteiger partial charge on any atom is -0.435 e. The molecule has 0 spiro atoms. The smallest absolute Gasteiger partial charge is 0.387 e.